The van der Waals surface area contributed by atoms with E-state index in [9.17, 15) is 14.4 Å². The van der Waals surface area contributed by atoms with E-state index in [1.807, 2.05) is 25.7 Å². The molecule has 2 rings (SSSR count). The molecule has 1 aliphatic heterocycles. The fourth-order valence-electron chi connectivity index (χ4n) is 3.43. The Hall–Kier alpha value is -2.77. The van der Waals surface area contributed by atoms with Crippen molar-refractivity contribution in [2.75, 3.05) is 32.9 Å². The smallest absolute Gasteiger partial charge is 0.338 e. The summed E-state index contributed by atoms with van der Waals surface area (Å²) in [6, 6.07) is 4.65. The van der Waals surface area contributed by atoms with Crippen molar-refractivity contribution in [3.8, 4) is 11.5 Å². The molecule has 8 heteroatoms. The van der Waals surface area contributed by atoms with Crippen molar-refractivity contribution >= 4 is 17.8 Å². The summed E-state index contributed by atoms with van der Waals surface area (Å²) in [7, 11) is 0. The van der Waals surface area contributed by atoms with Crippen LogP contribution in [-0.2, 0) is 14.3 Å². The molecular formula is C23H34N2O6. The van der Waals surface area contributed by atoms with Crippen LogP contribution in [0.2, 0.25) is 0 Å². The Kier molecular flexibility index (Phi) is 10.1. The second kappa shape index (κ2) is 12.8. The van der Waals surface area contributed by atoms with Crippen LogP contribution in [-0.4, -0.2) is 61.6 Å². The van der Waals surface area contributed by atoms with E-state index in [1.54, 1.807) is 6.07 Å². The number of carbonyl (C=O) groups is 3. The van der Waals surface area contributed by atoms with Gasteiger partial charge in [-0.15, -0.1) is 0 Å². The molecule has 31 heavy (non-hydrogen) atoms. The summed E-state index contributed by atoms with van der Waals surface area (Å²) in [6.07, 6.45) is 5.00. The zero-order valence-electron chi connectivity index (χ0n) is 18.8. The number of hydrogen-bond donors (Lipinski definition) is 1. The molecule has 1 aromatic rings. The van der Waals surface area contributed by atoms with Crippen LogP contribution in [0.1, 0.15) is 63.2 Å². The molecule has 1 aliphatic rings. The lowest BCUT2D eigenvalue weighted by molar-refractivity contribution is -0.134. The van der Waals surface area contributed by atoms with Gasteiger partial charge in [-0.1, -0.05) is 13.3 Å². The van der Waals surface area contributed by atoms with Gasteiger partial charge < -0.3 is 24.4 Å². The third kappa shape index (κ3) is 8.11. The summed E-state index contributed by atoms with van der Waals surface area (Å²) in [4.78, 5) is 38.4. The van der Waals surface area contributed by atoms with Crippen LogP contribution >= 0.6 is 0 Å². The normalized spacial score (nSPS) is 14.5. The first-order chi connectivity index (χ1) is 14.9. The van der Waals surface area contributed by atoms with Gasteiger partial charge in [-0.2, -0.15) is 0 Å². The zero-order valence-corrected chi connectivity index (χ0v) is 18.8. The van der Waals surface area contributed by atoms with E-state index in [-0.39, 0.29) is 36.6 Å². The number of rotatable bonds is 11. The third-order valence-corrected chi connectivity index (χ3v) is 5.00. The Bertz CT molecular complexity index is 746. The minimum atomic E-state index is -0.629. The number of hydrogen-bond acceptors (Lipinski definition) is 6. The van der Waals surface area contributed by atoms with Gasteiger partial charge in [0.2, 0.25) is 0 Å². The van der Waals surface area contributed by atoms with Crippen LogP contribution in [0, 0.1) is 0 Å². The lowest BCUT2D eigenvalue weighted by atomic mass is 10.1. The summed E-state index contributed by atoms with van der Waals surface area (Å²) in [5.41, 5.74) is 0.243. The van der Waals surface area contributed by atoms with Crippen molar-refractivity contribution in [1.29, 1.82) is 0 Å². The maximum atomic E-state index is 12.3. The molecule has 1 heterocycles. The number of amides is 2. The molecule has 2 amide bonds. The Labute approximate surface area is 184 Å². The van der Waals surface area contributed by atoms with Crippen molar-refractivity contribution in [3.63, 3.8) is 0 Å². The number of nitrogens with one attached hydrogen (secondary N) is 1. The second-order valence-corrected chi connectivity index (χ2v) is 7.66. The number of carbonyl (C=O) groups excluding carboxylic acids is 3. The predicted molar refractivity (Wildman–Crippen MR) is 116 cm³/mol. The Morgan fingerprint density at radius 3 is 2.45 bits per heavy atom. The monoisotopic (exact) mass is 434 g/mol. The number of esters is 1. The first kappa shape index (κ1) is 24.5. The fraction of sp³-hybridized carbons (Fsp3) is 0.609. The maximum absolute atomic E-state index is 12.3. The van der Waals surface area contributed by atoms with Gasteiger partial charge in [0.05, 0.1) is 12.2 Å². The minimum Gasteiger partial charge on any atom is -0.490 e. The van der Waals surface area contributed by atoms with Gasteiger partial charge in [-0.25, -0.2) is 4.79 Å². The van der Waals surface area contributed by atoms with Gasteiger partial charge in [0.1, 0.15) is 0 Å². The Balaban J connectivity index is 1.93. The molecule has 0 aliphatic carbocycles. The maximum Gasteiger partial charge on any atom is 0.338 e. The molecule has 1 N–H and O–H groups in total. The first-order valence-corrected chi connectivity index (χ1v) is 11.1. The molecule has 172 valence electrons. The predicted octanol–water partition coefficient (Wildman–Crippen LogP) is 2.94. The van der Waals surface area contributed by atoms with Gasteiger partial charge >= 0.3 is 5.97 Å². The summed E-state index contributed by atoms with van der Waals surface area (Å²) in [6.45, 7) is 7.22. The van der Waals surface area contributed by atoms with E-state index in [4.69, 9.17) is 14.2 Å². The topological polar surface area (TPSA) is 94.2 Å². The highest BCUT2D eigenvalue weighted by Crippen LogP contribution is 2.29. The standard InChI is InChI=1S/C23H34N2O6/c1-4-9-17(3)24-21(26)15-31-23(28)18-10-11-19(20(14-18)29-5-2)30-16-22(27)25-12-7-6-8-13-25/h10-11,14,17H,4-9,12-13,15-16H2,1-3H3,(H,24,26)/t17-/m1/s1. The third-order valence-electron chi connectivity index (χ3n) is 5.00. The molecule has 0 saturated carbocycles. The zero-order chi connectivity index (χ0) is 22.6. The molecule has 8 nitrogen and oxygen atoms in total. The van der Waals surface area contributed by atoms with Crippen LogP contribution in [0.5, 0.6) is 11.5 Å². The Morgan fingerprint density at radius 1 is 1.03 bits per heavy atom. The van der Waals surface area contributed by atoms with Crippen molar-refractivity contribution in [2.24, 2.45) is 0 Å². The molecule has 0 bridgehead atoms. The largest absolute Gasteiger partial charge is 0.490 e. The number of piperidine rings is 1. The van der Waals surface area contributed by atoms with E-state index < -0.39 is 5.97 Å². The first-order valence-electron chi connectivity index (χ1n) is 11.1. The van der Waals surface area contributed by atoms with Crippen LogP contribution in [0.3, 0.4) is 0 Å². The molecule has 0 radical (unpaired) electrons. The van der Waals surface area contributed by atoms with E-state index in [2.05, 4.69) is 5.32 Å². The molecule has 0 spiro atoms. The van der Waals surface area contributed by atoms with Crippen molar-refractivity contribution in [1.82, 2.24) is 10.2 Å². The van der Waals surface area contributed by atoms with E-state index >= 15 is 0 Å². The summed E-state index contributed by atoms with van der Waals surface area (Å²) in [5, 5.41) is 2.79. The summed E-state index contributed by atoms with van der Waals surface area (Å²) in [5.74, 6) is -0.293. The molecule has 0 unspecified atom stereocenters. The van der Waals surface area contributed by atoms with Gasteiger partial charge in [0, 0.05) is 19.1 Å². The van der Waals surface area contributed by atoms with Crippen molar-refractivity contribution in [2.45, 2.75) is 58.9 Å². The van der Waals surface area contributed by atoms with Gasteiger partial charge in [-0.05, 0) is 57.7 Å². The molecule has 0 aromatic heterocycles. The highest BCUT2D eigenvalue weighted by molar-refractivity contribution is 5.92. The highest BCUT2D eigenvalue weighted by Gasteiger charge is 2.19. The Morgan fingerprint density at radius 2 is 1.77 bits per heavy atom. The van der Waals surface area contributed by atoms with Crippen molar-refractivity contribution < 1.29 is 28.6 Å². The van der Waals surface area contributed by atoms with E-state index in [1.165, 1.54) is 12.1 Å². The summed E-state index contributed by atoms with van der Waals surface area (Å²) >= 11 is 0. The van der Waals surface area contributed by atoms with E-state index in [0.717, 1.165) is 45.2 Å². The SMILES string of the molecule is CCC[C@@H](C)NC(=O)COC(=O)c1ccc(OCC(=O)N2CCCCC2)c(OCC)c1. The lowest BCUT2D eigenvalue weighted by Crippen LogP contribution is -2.38. The van der Waals surface area contributed by atoms with Crippen LogP contribution < -0.4 is 14.8 Å². The van der Waals surface area contributed by atoms with Crippen LogP contribution in [0.4, 0.5) is 0 Å². The number of benzene rings is 1. The second-order valence-electron chi connectivity index (χ2n) is 7.66. The molecule has 1 fully saturated rings. The number of nitrogens with zero attached hydrogens (tertiary/aromatic N) is 1. The fourth-order valence-corrected chi connectivity index (χ4v) is 3.43. The number of likely N-dealkylation sites (tertiary alicyclic amines) is 1. The van der Waals surface area contributed by atoms with Gasteiger partial charge in [0.15, 0.2) is 24.7 Å². The summed E-state index contributed by atoms with van der Waals surface area (Å²) < 4.78 is 16.4. The van der Waals surface area contributed by atoms with Gasteiger partial charge in [-0.3, -0.25) is 9.59 Å². The average Bonchev–Trinajstić information content (AvgIpc) is 2.77. The average molecular weight is 435 g/mol. The molecule has 1 atom stereocenters. The number of ether oxygens (including phenoxy) is 3. The molecular weight excluding hydrogens is 400 g/mol. The van der Waals surface area contributed by atoms with Crippen LogP contribution in [0.25, 0.3) is 0 Å². The molecule has 1 aromatic carbocycles. The quantitative estimate of drug-likeness (QED) is 0.538. The van der Waals surface area contributed by atoms with Gasteiger partial charge in [0.25, 0.3) is 11.8 Å². The van der Waals surface area contributed by atoms with E-state index in [0.29, 0.717) is 18.1 Å². The van der Waals surface area contributed by atoms with Crippen LogP contribution in [0.15, 0.2) is 18.2 Å². The molecule has 1 saturated heterocycles. The lowest BCUT2D eigenvalue weighted by Gasteiger charge is -2.26. The highest BCUT2D eigenvalue weighted by atomic mass is 16.5. The van der Waals surface area contributed by atoms with Crippen molar-refractivity contribution in [3.05, 3.63) is 23.8 Å². The minimum absolute atomic E-state index is 0.0323.